The van der Waals surface area contributed by atoms with E-state index in [2.05, 4.69) is 15.6 Å². The first-order valence-corrected chi connectivity index (χ1v) is 7.15. The molecule has 6 heteroatoms. The van der Waals surface area contributed by atoms with Crippen molar-refractivity contribution in [1.82, 2.24) is 10.3 Å². The molecule has 1 atom stereocenters. The second-order valence-corrected chi connectivity index (χ2v) is 5.63. The molecule has 1 fully saturated rings. The van der Waals surface area contributed by atoms with Crippen LogP contribution in [-0.4, -0.2) is 23.5 Å². The van der Waals surface area contributed by atoms with Gasteiger partial charge in [0.15, 0.2) is 5.13 Å². The quantitative estimate of drug-likeness (QED) is 0.888. The molecule has 2 N–H and O–H groups in total. The Hall–Kier alpha value is -1.53. The number of benzene rings is 1. The summed E-state index contributed by atoms with van der Waals surface area (Å²) in [4.78, 5) is 16.2. The summed E-state index contributed by atoms with van der Waals surface area (Å²) in [7, 11) is 0. The van der Waals surface area contributed by atoms with Crippen molar-refractivity contribution >= 4 is 32.6 Å². The first kappa shape index (κ1) is 12.5. The highest BCUT2D eigenvalue weighted by Crippen LogP contribution is 2.27. The van der Waals surface area contributed by atoms with E-state index in [1.54, 1.807) is 12.1 Å². The Kier molecular flexibility index (Phi) is 3.44. The maximum absolute atomic E-state index is 13.5. The largest absolute Gasteiger partial charge is 0.306 e. The lowest BCUT2D eigenvalue weighted by atomic mass is 10.0. The summed E-state index contributed by atoms with van der Waals surface area (Å²) >= 11 is 1.29. The molecule has 0 saturated carbocycles. The Balaban J connectivity index is 1.77. The molecule has 100 valence electrons. The zero-order valence-corrected chi connectivity index (χ0v) is 11.1. The summed E-state index contributed by atoms with van der Waals surface area (Å²) < 4.78 is 14.3. The third kappa shape index (κ3) is 2.59. The Morgan fingerprint density at radius 1 is 1.47 bits per heavy atom. The second kappa shape index (κ2) is 5.22. The van der Waals surface area contributed by atoms with Gasteiger partial charge >= 0.3 is 0 Å². The van der Waals surface area contributed by atoms with Gasteiger partial charge in [-0.2, -0.15) is 0 Å². The Morgan fingerprint density at radius 3 is 3.11 bits per heavy atom. The molecule has 1 unspecified atom stereocenters. The number of aromatic nitrogens is 1. The van der Waals surface area contributed by atoms with E-state index >= 15 is 0 Å². The van der Waals surface area contributed by atoms with Crippen molar-refractivity contribution in [3.63, 3.8) is 0 Å². The minimum Gasteiger partial charge on any atom is -0.306 e. The van der Waals surface area contributed by atoms with E-state index in [0.29, 0.717) is 10.6 Å². The monoisotopic (exact) mass is 279 g/mol. The number of thiazole rings is 1. The van der Waals surface area contributed by atoms with Crippen molar-refractivity contribution < 1.29 is 9.18 Å². The Bertz CT molecular complexity index is 607. The smallest absolute Gasteiger partial charge is 0.243 e. The number of carbonyl (C=O) groups is 1. The van der Waals surface area contributed by atoms with Gasteiger partial charge in [-0.1, -0.05) is 23.8 Å². The molecule has 1 aromatic heterocycles. The zero-order chi connectivity index (χ0) is 13.2. The van der Waals surface area contributed by atoms with Gasteiger partial charge in [0.05, 0.1) is 10.7 Å². The molecule has 0 spiro atoms. The summed E-state index contributed by atoms with van der Waals surface area (Å²) in [6.07, 6.45) is 3.00. The summed E-state index contributed by atoms with van der Waals surface area (Å²) in [5.41, 5.74) is 0.319. The van der Waals surface area contributed by atoms with Crippen molar-refractivity contribution in [3.8, 4) is 0 Å². The number of fused-ring (bicyclic) bond motifs is 1. The molecule has 19 heavy (non-hydrogen) atoms. The molecule has 0 aliphatic carbocycles. The van der Waals surface area contributed by atoms with Crippen molar-refractivity contribution in [2.45, 2.75) is 25.3 Å². The molecule has 3 rings (SSSR count). The second-order valence-electron chi connectivity index (χ2n) is 4.60. The number of nitrogens with zero attached hydrogens (tertiary/aromatic N) is 1. The lowest BCUT2D eigenvalue weighted by molar-refractivity contribution is -0.118. The highest BCUT2D eigenvalue weighted by atomic mass is 32.1. The average molecular weight is 279 g/mol. The fraction of sp³-hybridized carbons (Fsp3) is 0.385. The van der Waals surface area contributed by atoms with Gasteiger partial charge in [0.2, 0.25) is 5.91 Å². The van der Waals surface area contributed by atoms with Crippen LogP contribution >= 0.6 is 11.3 Å². The van der Waals surface area contributed by atoms with Gasteiger partial charge < -0.3 is 10.6 Å². The van der Waals surface area contributed by atoms with Crippen LogP contribution in [0, 0.1) is 5.82 Å². The lowest BCUT2D eigenvalue weighted by Crippen LogP contribution is -2.43. The van der Waals surface area contributed by atoms with Crippen LogP contribution in [0.4, 0.5) is 9.52 Å². The molecule has 0 bridgehead atoms. The lowest BCUT2D eigenvalue weighted by Gasteiger charge is -2.21. The van der Waals surface area contributed by atoms with Gasteiger partial charge in [-0.05, 0) is 31.5 Å². The van der Waals surface area contributed by atoms with Crippen LogP contribution in [0.1, 0.15) is 19.3 Å². The number of halogens is 1. The number of anilines is 1. The SMILES string of the molecule is O=C(Nc1nc2c(F)cccc2s1)C1CCCCN1. The molecule has 2 heterocycles. The first-order chi connectivity index (χ1) is 9.24. The van der Waals surface area contributed by atoms with Crippen LogP contribution in [0.2, 0.25) is 0 Å². The number of hydrogen-bond acceptors (Lipinski definition) is 4. The molecule has 1 amide bonds. The van der Waals surface area contributed by atoms with E-state index in [1.807, 2.05) is 0 Å². The molecule has 1 aliphatic heterocycles. The Labute approximate surface area is 114 Å². The normalized spacial score (nSPS) is 19.5. The summed E-state index contributed by atoms with van der Waals surface area (Å²) in [6, 6.07) is 4.65. The van der Waals surface area contributed by atoms with Crippen LogP contribution in [-0.2, 0) is 4.79 Å². The van der Waals surface area contributed by atoms with E-state index in [9.17, 15) is 9.18 Å². The van der Waals surface area contributed by atoms with Crippen molar-refractivity contribution in [2.24, 2.45) is 0 Å². The highest BCUT2D eigenvalue weighted by Gasteiger charge is 2.21. The molecular formula is C13H14FN3OS. The third-order valence-electron chi connectivity index (χ3n) is 3.23. The molecule has 1 aromatic carbocycles. The van der Waals surface area contributed by atoms with Gasteiger partial charge in [0.25, 0.3) is 0 Å². The highest BCUT2D eigenvalue weighted by molar-refractivity contribution is 7.22. The first-order valence-electron chi connectivity index (χ1n) is 6.33. The van der Waals surface area contributed by atoms with Crippen LogP contribution in [0.3, 0.4) is 0 Å². The average Bonchev–Trinajstić information content (AvgIpc) is 2.84. The number of nitrogens with one attached hydrogen (secondary N) is 2. The predicted molar refractivity (Wildman–Crippen MR) is 73.8 cm³/mol. The van der Waals surface area contributed by atoms with Crippen molar-refractivity contribution in [2.75, 3.05) is 11.9 Å². The topological polar surface area (TPSA) is 54.0 Å². The van der Waals surface area contributed by atoms with Crippen molar-refractivity contribution in [1.29, 1.82) is 0 Å². The standard InChI is InChI=1S/C13H14FN3OS/c14-8-4-3-6-10-11(8)16-13(19-10)17-12(18)9-5-1-2-7-15-9/h3-4,6,9,15H,1-2,5,7H2,(H,16,17,18). The fourth-order valence-electron chi connectivity index (χ4n) is 2.24. The number of para-hydroxylation sites is 1. The van der Waals surface area contributed by atoms with E-state index in [1.165, 1.54) is 17.4 Å². The predicted octanol–water partition coefficient (Wildman–Crippen LogP) is 2.52. The van der Waals surface area contributed by atoms with Crippen LogP contribution in [0.25, 0.3) is 10.2 Å². The molecule has 4 nitrogen and oxygen atoms in total. The minimum absolute atomic E-state index is 0.0841. The zero-order valence-electron chi connectivity index (χ0n) is 10.3. The minimum atomic E-state index is -0.356. The fourth-order valence-corrected chi connectivity index (χ4v) is 3.12. The third-order valence-corrected chi connectivity index (χ3v) is 4.16. The van der Waals surface area contributed by atoms with Crippen molar-refractivity contribution in [3.05, 3.63) is 24.0 Å². The maximum atomic E-state index is 13.5. The Morgan fingerprint density at radius 2 is 2.37 bits per heavy atom. The van der Waals surface area contributed by atoms with E-state index in [0.717, 1.165) is 30.5 Å². The van der Waals surface area contributed by atoms with E-state index < -0.39 is 0 Å². The van der Waals surface area contributed by atoms with Gasteiger partial charge in [0.1, 0.15) is 11.3 Å². The van der Waals surface area contributed by atoms with Gasteiger partial charge in [-0.15, -0.1) is 0 Å². The number of carbonyl (C=O) groups excluding carboxylic acids is 1. The van der Waals surface area contributed by atoms with Crippen LogP contribution in [0.5, 0.6) is 0 Å². The summed E-state index contributed by atoms with van der Waals surface area (Å²) in [6.45, 7) is 0.868. The molecule has 2 aromatic rings. The number of hydrogen-bond donors (Lipinski definition) is 2. The maximum Gasteiger partial charge on any atom is 0.243 e. The van der Waals surface area contributed by atoms with Gasteiger partial charge in [0, 0.05) is 0 Å². The number of rotatable bonds is 2. The summed E-state index contributed by atoms with van der Waals surface area (Å²) in [5, 5.41) is 6.40. The van der Waals surface area contributed by atoms with E-state index in [-0.39, 0.29) is 17.8 Å². The number of amides is 1. The number of piperidine rings is 1. The van der Waals surface area contributed by atoms with Crippen LogP contribution < -0.4 is 10.6 Å². The van der Waals surface area contributed by atoms with E-state index in [4.69, 9.17) is 0 Å². The summed E-state index contributed by atoms with van der Waals surface area (Å²) in [5.74, 6) is -0.441. The van der Waals surface area contributed by atoms with Crippen LogP contribution in [0.15, 0.2) is 18.2 Å². The molecule has 0 radical (unpaired) electrons. The molecular weight excluding hydrogens is 265 g/mol. The van der Waals surface area contributed by atoms with Gasteiger partial charge in [-0.3, -0.25) is 4.79 Å². The van der Waals surface area contributed by atoms with Gasteiger partial charge in [-0.25, -0.2) is 9.37 Å². The molecule has 1 aliphatic rings. The molecule has 1 saturated heterocycles.